The van der Waals surface area contributed by atoms with Crippen molar-refractivity contribution >= 4 is 17.7 Å². The molecule has 1 unspecified atom stereocenters. The Morgan fingerprint density at radius 1 is 1.37 bits per heavy atom. The van der Waals surface area contributed by atoms with E-state index in [1.54, 1.807) is 11.8 Å². The van der Waals surface area contributed by atoms with E-state index in [1.807, 2.05) is 6.92 Å². The SMILES string of the molecule is CCC(O)CCNC(=O)CCSc1ccc(C)cc1. The highest BCUT2D eigenvalue weighted by Crippen LogP contribution is 2.18. The first-order chi connectivity index (χ1) is 9.11. The van der Waals surface area contributed by atoms with Gasteiger partial charge < -0.3 is 10.4 Å². The monoisotopic (exact) mass is 281 g/mol. The molecule has 0 heterocycles. The molecule has 3 nitrogen and oxygen atoms in total. The molecule has 19 heavy (non-hydrogen) atoms. The summed E-state index contributed by atoms with van der Waals surface area (Å²) in [6, 6.07) is 8.31. The van der Waals surface area contributed by atoms with Crippen LogP contribution < -0.4 is 5.32 Å². The van der Waals surface area contributed by atoms with E-state index < -0.39 is 0 Å². The van der Waals surface area contributed by atoms with Crippen LogP contribution in [0.5, 0.6) is 0 Å². The van der Waals surface area contributed by atoms with E-state index in [0.29, 0.717) is 19.4 Å². The van der Waals surface area contributed by atoms with Gasteiger partial charge in [0.2, 0.25) is 5.91 Å². The zero-order chi connectivity index (χ0) is 14.1. The third-order valence-corrected chi connectivity index (χ3v) is 3.90. The Kier molecular flexibility index (Phi) is 7.60. The second-order valence-electron chi connectivity index (χ2n) is 4.61. The summed E-state index contributed by atoms with van der Waals surface area (Å²) in [6.45, 7) is 4.56. The number of aliphatic hydroxyl groups excluding tert-OH is 1. The zero-order valence-corrected chi connectivity index (χ0v) is 12.5. The van der Waals surface area contributed by atoms with Crippen molar-refractivity contribution < 1.29 is 9.90 Å². The number of aliphatic hydroxyl groups is 1. The fourth-order valence-electron chi connectivity index (χ4n) is 1.57. The molecule has 0 radical (unpaired) electrons. The highest BCUT2D eigenvalue weighted by atomic mass is 32.2. The van der Waals surface area contributed by atoms with Crippen LogP contribution in [-0.4, -0.2) is 29.4 Å². The second-order valence-corrected chi connectivity index (χ2v) is 5.78. The zero-order valence-electron chi connectivity index (χ0n) is 11.7. The van der Waals surface area contributed by atoms with E-state index in [9.17, 15) is 9.90 Å². The first-order valence-electron chi connectivity index (χ1n) is 6.76. The molecule has 0 aromatic heterocycles. The maximum absolute atomic E-state index is 11.6. The summed E-state index contributed by atoms with van der Waals surface area (Å²) >= 11 is 1.69. The molecule has 1 rings (SSSR count). The minimum absolute atomic E-state index is 0.0583. The number of benzene rings is 1. The van der Waals surface area contributed by atoms with Crippen molar-refractivity contribution in [3.8, 4) is 0 Å². The predicted molar refractivity (Wildman–Crippen MR) is 80.4 cm³/mol. The predicted octanol–water partition coefficient (Wildman–Crippen LogP) is 2.75. The van der Waals surface area contributed by atoms with Gasteiger partial charge in [-0.25, -0.2) is 0 Å². The third kappa shape index (κ3) is 7.23. The topological polar surface area (TPSA) is 49.3 Å². The van der Waals surface area contributed by atoms with Crippen LogP contribution in [0.15, 0.2) is 29.2 Å². The Labute approximate surface area is 119 Å². The van der Waals surface area contributed by atoms with Crippen LogP contribution in [-0.2, 0) is 4.79 Å². The highest BCUT2D eigenvalue weighted by molar-refractivity contribution is 7.99. The van der Waals surface area contributed by atoms with Crippen LogP contribution in [0.3, 0.4) is 0 Å². The Morgan fingerprint density at radius 3 is 2.68 bits per heavy atom. The average molecular weight is 281 g/mol. The van der Waals surface area contributed by atoms with E-state index in [4.69, 9.17) is 0 Å². The van der Waals surface area contributed by atoms with Crippen molar-refractivity contribution in [3.05, 3.63) is 29.8 Å². The maximum Gasteiger partial charge on any atom is 0.220 e. The van der Waals surface area contributed by atoms with Gasteiger partial charge in [-0.2, -0.15) is 0 Å². The molecule has 1 aromatic rings. The number of thioether (sulfide) groups is 1. The van der Waals surface area contributed by atoms with E-state index in [0.717, 1.165) is 12.2 Å². The Hall–Kier alpha value is -1.00. The Bertz CT molecular complexity index is 378. The van der Waals surface area contributed by atoms with Gasteiger partial charge in [0.1, 0.15) is 0 Å². The van der Waals surface area contributed by atoms with Gasteiger partial charge in [0, 0.05) is 23.6 Å². The molecule has 2 N–H and O–H groups in total. The molecule has 0 saturated heterocycles. The lowest BCUT2D eigenvalue weighted by molar-refractivity contribution is -0.120. The molecular formula is C15H23NO2S. The van der Waals surface area contributed by atoms with Crippen molar-refractivity contribution in [2.24, 2.45) is 0 Å². The molecule has 0 aliphatic heterocycles. The van der Waals surface area contributed by atoms with Crippen molar-refractivity contribution in [2.45, 2.75) is 44.1 Å². The summed E-state index contributed by atoms with van der Waals surface area (Å²) in [5, 5.41) is 12.2. The van der Waals surface area contributed by atoms with Crippen LogP contribution in [0.1, 0.15) is 31.7 Å². The van der Waals surface area contributed by atoms with Crippen LogP contribution in [0.25, 0.3) is 0 Å². The van der Waals surface area contributed by atoms with E-state index in [1.165, 1.54) is 10.5 Å². The molecule has 0 spiro atoms. The minimum Gasteiger partial charge on any atom is -0.393 e. The molecule has 0 bridgehead atoms. The first-order valence-corrected chi connectivity index (χ1v) is 7.74. The maximum atomic E-state index is 11.6. The summed E-state index contributed by atoms with van der Waals surface area (Å²) in [6.07, 6.45) is 1.58. The lowest BCUT2D eigenvalue weighted by Crippen LogP contribution is -2.27. The fraction of sp³-hybridized carbons (Fsp3) is 0.533. The normalized spacial score (nSPS) is 12.2. The third-order valence-electron chi connectivity index (χ3n) is 2.89. The number of hydrogen-bond donors (Lipinski definition) is 2. The van der Waals surface area contributed by atoms with Crippen molar-refractivity contribution in [2.75, 3.05) is 12.3 Å². The summed E-state index contributed by atoms with van der Waals surface area (Å²) in [5.41, 5.74) is 1.25. The van der Waals surface area contributed by atoms with Crippen LogP contribution in [0.2, 0.25) is 0 Å². The number of rotatable bonds is 8. The molecule has 106 valence electrons. The number of carbonyl (C=O) groups is 1. The van der Waals surface area contributed by atoms with Gasteiger partial charge in [-0.3, -0.25) is 4.79 Å². The van der Waals surface area contributed by atoms with Crippen LogP contribution in [0, 0.1) is 6.92 Å². The molecule has 4 heteroatoms. The van der Waals surface area contributed by atoms with Crippen molar-refractivity contribution in [1.29, 1.82) is 0 Å². The van der Waals surface area contributed by atoms with Gasteiger partial charge in [-0.05, 0) is 31.9 Å². The molecule has 0 aliphatic carbocycles. The smallest absolute Gasteiger partial charge is 0.220 e. The quantitative estimate of drug-likeness (QED) is 0.720. The Morgan fingerprint density at radius 2 is 2.05 bits per heavy atom. The molecule has 1 aromatic carbocycles. The van der Waals surface area contributed by atoms with Gasteiger partial charge in [0.15, 0.2) is 0 Å². The second kappa shape index (κ2) is 8.99. The molecule has 0 fully saturated rings. The van der Waals surface area contributed by atoms with E-state index >= 15 is 0 Å². The van der Waals surface area contributed by atoms with Crippen molar-refractivity contribution in [1.82, 2.24) is 5.32 Å². The molecule has 0 saturated carbocycles. The van der Waals surface area contributed by atoms with Gasteiger partial charge in [0.05, 0.1) is 6.10 Å². The lowest BCUT2D eigenvalue weighted by atomic mass is 10.2. The fourth-order valence-corrected chi connectivity index (χ4v) is 2.42. The van der Waals surface area contributed by atoms with Gasteiger partial charge in [0.25, 0.3) is 0 Å². The lowest BCUT2D eigenvalue weighted by Gasteiger charge is -2.08. The standard InChI is InChI=1S/C15H23NO2S/c1-3-13(17)8-10-16-15(18)9-11-19-14-6-4-12(2)5-7-14/h4-7,13,17H,3,8-11H2,1-2H3,(H,16,18). The van der Waals surface area contributed by atoms with Crippen molar-refractivity contribution in [3.63, 3.8) is 0 Å². The molecular weight excluding hydrogens is 258 g/mol. The summed E-state index contributed by atoms with van der Waals surface area (Å²) in [4.78, 5) is 12.7. The summed E-state index contributed by atoms with van der Waals surface area (Å²) in [7, 11) is 0. The van der Waals surface area contributed by atoms with Gasteiger partial charge >= 0.3 is 0 Å². The first kappa shape index (κ1) is 16.1. The molecule has 1 atom stereocenters. The summed E-state index contributed by atoms with van der Waals surface area (Å²) in [5.74, 6) is 0.841. The number of aryl methyl sites for hydroxylation is 1. The van der Waals surface area contributed by atoms with Gasteiger partial charge in [-0.15, -0.1) is 11.8 Å². The van der Waals surface area contributed by atoms with E-state index in [2.05, 4.69) is 36.5 Å². The molecule has 1 amide bonds. The Balaban J connectivity index is 2.11. The average Bonchev–Trinajstić information content (AvgIpc) is 2.41. The molecule has 0 aliphatic rings. The summed E-state index contributed by atoms with van der Waals surface area (Å²) < 4.78 is 0. The number of hydrogen-bond acceptors (Lipinski definition) is 3. The number of nitrogens with one attached hydrogen (secondary N) is 1. The number of carbonyl (C=O) groups excluding carboxylic acids is 1. The van der Waals surface area contributed by atoms with Gasteiger partial charge in [-0.1, -0.05) is 24.6 Å². The van der Waals surface area contributed by atoms with Crippen LogP contribution >= 0.6 is 11.8 Å². The van der Waals surface area contributed by atoms with Crippen LogP contribution in [0.4, 0.5) is 0 Å². The largest absolute Gasteiger partial charge is 0.393 e. The minimum atomic E-state index is -0.303. The van der Waals surface area contributed by atoms with E-state index in [-0.39, 0.29) is 12.0 Å². The highest BCUT2D eigenvalue weighted by Gasteiger charge is 2.04. The number of amides is 1.